The number of ether oxygens (including phenoxy) is 3. The summed E-state index contributed by atoms with van der Waals surface area (Å²) in [6.07, 6.45) is 0.275. The van der Waals surface area contributed by atoms with E-state index in [0.717, 1.165) is 6.42 Å². The largest absolute Gasteiger partial charge is 0.493 e. The number of hydrogen-bond donors (Lipinski definition) is 3. The van der Waals surface area contributed by atoms with Gasteiger partial charge >= 0.3 is 6.09 Å². The lowest BCUT2D eigenvalue weighted by Crippen LogP contribution is -2.41. The number of amides is 3. The Morgan fingerprint density at radius 3 is 2.25 bits per heavy atom. The molecule has 0 aliphatic rings. The molecule has 0 spiro atoms. The molecule has 2 aromatic carbocycles. The van der Waals surface area contributed by atoms with Crippen molar-refractivity contribution in [1.82, 2.24) is 10.9 Å². The van der Waals surface area contributed by atoms with Gasteiger partial charge in [0.25, 0.3) is 11.8 Å². The molecule has 32 heavy (non-hydrogen) atoms. The van der Waals surface area contributed by atoms with Crippen LogP contribution in [-0.4, -0.2) is 38.2 Å². The summed E-state index contributed by atoms with van der Waals surface area (Å²) in [7, 11) is 1.49. The Labute approximate surface area is 187 Å². The fraction of sp³-hybridized carbons (Fsp3) is 0.348. The van der Waals surface area contributed by atoms with Gasteiger partial charge in [0.1, 0.15) is 0 Å². The monoisotopic (exact) mass is 443 g/mol. The average molecular weight is 444 g/mol. The van der Waals surface area contributed by atoms with E-state index in [1.54, 1.807) is 37.3 Å². The smallest absolute Gasteiger partial charge is 0.411 e. The van der Waals surface area contributed by atoms with E-state index >= 15 is 0 Å². The van der Waals surface area contributed by atoms with Gasteiger partial charge in [0.2, 0.25) is 0 Å². The summed E-state index contributed by atoms with van der Waals surface area (Å²) < 4.78 is 15.8. The molecule has 0 unspecified atom stereocenters. The molecule has 0 atom stereocenters. The van der Waals surface area contributed by atoms with Crippen LogP contribution in [-0.2, 0) is 4.74 Å². The van der Waals surface area contributed by atoms with Crippen LogP contribution in [0.5, 0.6) is 11.5 Å². The summed E-state index contributed by atoms with van der Waals surface area (Å²) in [6.45, 7) is 6.67. The zero-order valence-corrected chi connectivity index (χ0v) is 18.7. The van der Waals surface area contributed by atoms with Gasteiger partial charge in [-0.2, -0.15) is 0 Å². The van der Waals surface area contributed by atoms with Crippen molar-refractivity contribution in [3.63, 3.8) is 0 Å². The Balaban J connectivity index is 1.97. The molecule has 0 saturated heterocycles. The Morgan fingerprint density at radius 2 is 1.62 bits per heavy atom. The molecule has 0 bridgehead atoms. The van der Waals surface area contributed by atoms with E-state index in [0.29, 0.717) is 29.7 Å². The zero-order valence-electron chi connectivity index (χ0n) is 18.7. The fourth-order valence-electron chi connectivity index (χ4n) is 2.61. The van der Waals surface area contributed by atoms with Gasteiger partial charge in [-0.3, -0.25) is 25.8 Å². The first-order valence-electron chi connectivity index (χ1n) is 10.3. The van der Waals surface area contributed by atoms with E-state index in [9.17, 15) is 14.4 Å². The molecule has 0 aliphatic carbocycles. The summed E-state index contributed by atoms with van der Waals surface area (Å²) in [6, 6.07) is 11.0. The molecule has 0 radical (unpaired) electrons. The molecule has 9 heteroatoms. The molecular formula is C23H29N3O6. The highest BCUT2D eigenvalue weighted by Gasteiger charge is 2.14. The number of carbonyl (C=O) groups is 3. The SMILES string of the molecule is CCOC(=O)Nc1cccc(C(=O)NNC(=O)c2ccc(OCCC(C)C)c(OC)c2)c1. The predicted octanol–water partition coefficient (Wildman–Crippen LogP) is 3.76. The molecule has 3 amide bonds. The first-order valence-corrected chi connectivity index (χ1v) is 10.3. The minimum Gasteiger partial charge on any atom is -0.493 e. The van der Waals surface area contributed by atoms with Gasteiger partial charge in [0.05, 0.1) is 20.3 Å². The molecule has 9 nitrogen and oxygen atoms in total. The highest BCUT2D eigenvalue weighted by Crippen LogP contribution is 2.28. The first kappa shape index (κ1) is 24.5. The Bertz CT molecular complexity index is 945. The van der Waals surface area contributed by atoms with Gasteiger partial charge in [0, 0.05) is 16.8 Å². The van der Waals surface area contributed by atoms with Crippen LogP contribution >= 0.6 is 0 Å². The van der Waals surface area contributed by atoms with Gasteiger partial charge in [0.15, 0.2) is 11.5 Å². The minimum atomic E-state index is -0.621. The number of benzene rings is 2. The predicted molar refractivity (Wildman–Crippen MR) is 120 cm³/mol. The highest BCUT2D eigenvalue weighted by atomic mass is 16.5. The van der Waals surface area contributed by atoms with E-state index in [4.69, 9.17) is 14.2 Å². The lowest BCUT2D eigenvalue weighted by molar-refractivity contribution is 0.0846. The Morgan fingerprint density at radius 1 is 0.938 bits per heavy atom. The van der Waals surface area contributed by atoms with Crippen molar-refractivity contribution in [1.29, 1.82) is 0 Å². The topological polar surface area (TPSA) is 115 Å². The molecule has 2 rings (SSSR count). The number of rotatable bonds is 9. The molecule has 0 saturated carbocycles. The highest BCUT2D eigenvalue weighted by molar-refractivity contribution is 6.00. The van der Waals surface area contributed by atoms with Gasteiger partial charge in [-0.05, 0) is 55.7 Å². The molecule has 3 N–H and O–H groups in total. The number of hydrogen-bond acceptors (Lipinski definition) is 6. The van der Waals surface area contributed by atoms with Crippen molar-refractivity contribution in [2.45, 2.75) is 27.2 Å². The van der Waals surface area contributed by atoms with Crippen LogP contribution in [0.3, 0.4) is 0 Å². The maximum atomic E-state index is 12.5. The summed E-state index contributed by atoms with van der Waals surface area (Å²) in [5, 5.41) is 2.51. The van der Waals surface area contributed by atoms with E-state index in [1.807, 2.05) is 0 Å². The van der Waals surface area contributed by atoms with Gasteiger partial charge in [-0.25, -0.2) is 4.79 Å². The normalized spacial score (nSPS) is 10.3. The summed E-state index contributed by atoms with van der Waals surface area (Å²) in [5.74, 6) is 0.402. The number of hydrazine groups is 1. The molecule has 0 aliphatic heterocycles. The lowest BCUT2D eigenvalue weighted by atomic mass is 10.1. The third-order valence-electron chi connectivity index (χ3n) is 4.31. The van der Waals surface area contributed by atoms with Crippen LogP contribution in [0.15, 0.2) is 42.5 Å². The van der Waals surface area contributed by atoms with E-state index in [-0.39, 0.29) is 17.7 Å². The van der Waals surface area contributed by atoms with Crippen molar-refractivity contribution in [2.75, 3.05) is 25.6 Å². The third kappa shape index (κ3) is 7.50. The summed E-state index contributed by atoms with van der Waals surface area (Å²) in [4.78, 5) is 36.4. The molecular weight excluding hydrogens is 414 g/mol. The van der Waals surface area contributed by atoms with Crippen LogP contribution in [0.1, 0.15) is 47.9 Å². The van der Waals surface area contributed by atoms with Crippen LogP contribution in [0.25, 0.3) is 0 Å². The molecule has 0 heterocycles. The maximum Gasteiger partial charge on any atom is 0.411 e. The second-order valence-corrected chi connectivity index (χ2v) is 7.23. The number of carbonyl (C=O) groups excluding carboxylic acids is 3. The second kappa shape index (κ2) is 12.2. The number of anilines is 1. The van der Waals surface area contributed by atoms with Crippen LogP contribution in [0, 0.1) is 5.92 Å². The van der Waals surface area contributed by atoms with Gasteiger partial charge in [-0.1, -0.05) is 19.9 Å². The number of methoxy groups -OCH3 is 1. The third-order valence-corrected chi connectivity index (χ3v) is 4.31. The number of nitrogens with one attached hydrogen (secondary N) is 3. The minimum absolute atomic E-state index is 0.230. The van der Waals surface area contributed by atoms with Gasteiger partial charge < -0.3 is 14.2 Å². The Kier molecular flexibility index (Phi) is 9.34. The van der Waals surface area contributed by atoms with Crippen molar-refractivity contribution in [3.05, 3.63) is 53.6 Å². The average Bonchev–Trinajstić information content (AvgIpc) is 2.77. The fourth-order valence-corrected chi connectivity index (χ4v) is 2.61. The molecule has 172 valence electrons. The maximum absolute atomic E-state index is 12.5. The molecule has 0 aromatic heterocycles. The lowest BCUT2D eigenvalue weighted by Gasteiger charge is -2.13. The van der Waals surface area contributed by atoms with E-state index in [1.165, 1.54) is 19.2 Å². The van der Waals surface area contributed by atoms with Crippen LogP contribution in [0.2, 0.25) is 0 Å². The van der Waals surface area contributed by atoms with Crippen molar-refractivity contribution in [3.8, 4) is 11.5 Å². The first-order chi connectivity index (χ1) is 15.3. The molecule has 0 fully saturated rings. The van der Waals surface area contributed by atoms with Crippen molar-refractivity contribution < 1.29 is 28.6 Å². The second-order valence-electron chi connectivity index (χ2n) is 7.23. The standard InChI is InChI=1S/C23H29N3O6/c1-5-31-23(29)24-18-8-6-7-16(13-18)21(27)25-26-22(28)17-9-10-19(20(14-17)30-4)32-12-11-15(2)3/h6-10,13-15H,5,11-12H2,1-4H3,(H,24,29)(H,25,27)(H,26,28). The zero-order chi connectivity index (χ0) is 23.5. The summed E-state index contributed by atoms with van der Waals surface area (Å²) in [5.41, 5.74) is 5.63. The van der Waals surface area contributed by atoms with Crippen molar-refractivity contribution >= 4 is 23.6 Å². The summed E-state index contributed by atoms with van der Waals surface area (Å²) >= 11 is 0. The van der Waals surface area contributed by atoms with E-state index in [2.05, 4.69) is 30.0 Å². The van der Waals surface area contributed by atoms with Crippen molar-refractivity contribution in [2.24, 2.45) is 5.92 Å². The van der Waals surface area contributed by atoms with E-state index < -0.39 is 17.9 Å². The Hall–Kier alpha value is -3.75. The molecule has 2 aromatic rings. The van der Waals surface area contributed by atoms with Gasteiger partial charge in [-0.15, -0.1) is 0 Å². The quantitative estimate of drug-likeness (QED) is 0.508. The van der Waals surface area contributed by atoms with Crippen LogP contribution in [0.4, 0.5) is 10.5 Å². The van der Waals surface area contributed by atoms with Crippen LogP contribution < -0.4 is 25.6 Å².